The minimum absolute atomic E-state index is 0.100. The molecule has 0 aliphatic heterocycles. The van der Waals surface area contributed by atoms with Crippen LogP contribution in [-0.2, 0) is 11.2 Å². The average molecular weight is 450 g/mol. The minimum atomic E-state index is -0.366. The summed E-state index contributed by atoms with van der Waals surface area (Å²) >= 11 is 7.11. The fourth-order valence-electron chi connectivity index (χ4n) is 3.85. The van der Waals surface area contributed by atoms with Gasteiger partial charge in [0.15, 0.2) is 16.9 Å². The van der Waals surface area contributed by atoms with E-state index in [4.69, 9.17) is 25.8 Å². The quantitative estimate of drug-likeness (QED) is 0.534. The Morgan fingerprint density at radius 2 is 1.90 bits per heavy atom. The van der Waals surface area contributed by atoms with Gasteiger partial charge in [-0.25, -0.2) is 0 Å². The van der Waals surface area contributed by atoms with Gasteiger partial charge >= 0.3 is 0 Å². The highest BCUT2D eigenvalue weighted by Gasteiger charge is 2.29. The number of rotatable bonds is 6. The van der Waals surface area contributed by atoms with Gasteiger partial charge in [-0.05, 0) is 54.0 Å². The second-order valence-electron chi connectivity index (χ2n) is 6.75. The summed E-state index contributed by atoms with van der Waals surface area (Å²) in [5.74, 6) is 1.13. The molecule has 6 nitrogen and oxygen atoms in total. The second kappa shape index (κ2) is 9.62. The highest BCUT2D eigenvalue weighted by Crippen LogP contribution is 2.50. The Hall–Kier alpha value is -2.38. The van der Waals surface area contributed by atoms with Gasteiger partial charge < -0.3 is 19.5 Å². The van der Waals surface area contributed by atoms with E-state index in [1.807, 2.05) is 18.4 Å². The van der Waals surface area contributed by atoms with Gasteiger partial charge in [0, 0.05) is 5.56 Å². The van der Waals surface area contributed by atoms with Crippen LogP contribution in [-0.4, -0.2) is 39.4 Å². The molecule has 0 bridgehead atoms. The predicted molar refractivity (Wildman–Crippen MR) is 120 cm³/mol. The molecule has 0 fully saturated rings. The first-order valence-corrected chi connectivity index (χ1v) is 11.1. The van der Waals surface area contributed by atoms with Crippen molar-refractivity contribution in [3.05, 3.63) is 45.6 Å². The van der Waals surface area contributed by atoms with Crippen LogP contribution < -0.4 is 25.0 Å². The van der Waals surface area contributed by atoms with Crippen molar-refractivity contribution in [2.24, 2.45) is 0 Å². The van der Waals surface area contributed by atoms with Crippen molar-refractivity contribution in [3.63, 3.8) is 0 Å². The summed E-state index contributed by atoms with van der Waals surface area (Å²) in [5.41, 5.74) is 3.24. The summed E-state index contributed by atoms with van der Waals surface area (Å²) in [6.07, 6.45) is 3.09. The zero-order valence-corrected chi connectivity index (χ0v) is 18.9. The molecule has 160 valence electrons. The average Bonchev–Trinajstić information content (AvgIpc) is 3.00. The van der Waals surface area contributed by atoms with Gasteiger partial charge in [-0.15, -0.1) is 23.4 Å². The lowest BCUT2D eigenvalue weighted by Crippen LogP contribution is -2.29. The fourth-order valence-corrected chi connectivity index (χ4v) is 4.39. The van der Waals surface area contributed by atoms with Crippen molar-refractivity contribution in [1.29, 1.82) is 0 Å². The smallest absolute Gasteiger partial charge is 0.235 e. The van der Waals surface area contributed by atoms with Crippen LogP contribution in [0.5, 0.6) is 17.2 Å². The number of amides is 1. The van der Waals surface area contributed by atoms with Crippen LogP contribution in [0.1, 0.15) is 23.6 Å². The number of aryl methyl sites for hydroxylation is 1. The van der Waals surface area contributed by atoms with E-state index in [9.17, 15) is 9.59 Å². The number of thioether (sulfide) groups is 1. The lowest BCUT2D eigenvalue weighted by Gasteiger charge is -2.19. The molecular weight excluding hydrogens is 426 g/mol. The second-order valence-corrected chi connectivity index (χ2v) is 7.87. The van der Waals surface area contributed by atoms with Crippen molar-refractivity contribution >= 4 is 29.3 Å². The molecule has 0 unspecified atom stereocenters. The van der Waals surface area contributed by atoms with Crippen LogP contribution in [0.4, 0.5) is 0 Å². The SMILES string of the molecule is COc1cc2c(c(OC)c1OC)-c1ccc(SC)c(=O)cc1[C@H](NC(=O)CCl)CC2. The van der Waals surface area contributed by atoms with Crippen molar-refractivity contribution in [2.75, 3.05) is 33.5 Å². The summed E-state index contributed by atoms with van der Waals surface area (Å²) in [4.78, 5) is 25.5. The molecule has 8 heteroatoms. The lowest BCUT2D eigenvalue weighted by atomic mass is 9.95. The zero-order chi connectivity index (χ0) is 21.8. The maximum absolute atomic E-state index is 12.8. The Balaban J connectivity index is 2.38. The number of nitrogens with one attached hydrogen (secondary N) is 1. The summed E-state index contributed by atoms with van der Waals surface area (Å²) < 4.78 is 16.8. The van der Waals surface area contributed by atoms with Gasteiger partial charge in [0.05, 0.1) is 32.3 Å². The number of hydrogen-bond acceptors (Lipinski definition) is 6. The Bertz CT molecular complexity index is 1030. The van der Waals surface area contributed by atoms with Crippen molar-refractivity contribution in [2.45, 2.75) is 23.8 Å². The largest absolute Gasteiger partial charge is 0.493 e. The number of halogens is 1. The number of carbonyl (C=O) groups is 1. The normalized spacial score (nSPS) is 14.8. The zero-order valence-electron chi connectivity index (χ0n) is 17.3. The lowest BCUT2D eigenvalue weighted by molar-refractivity contribution is -0.119. The van der Waals surface area contributed by atoms with Gasteiger partial charge in [-0.2, -0.15) is 0 Å². The molecule has 30 heavy (non-hydrogen) atoms. The molecule has 0 heterocycles. The molecule has 2 aromatic rings. The number of ether oxygens (including phenoxy) is 3. The first-order valence-electron chi connectivity index (χ1n) is 9.38. The highest BCUT2D eigenvalue weighted by atomic mass is 35.5. The monoisotopic (exact) mass is 449 g/mol. The summed E-state index contributed by atoms with van der Waals surface area (Å²) in [6, 6.07) is 6.87. The fraction of sp³-hybridized carbons (Fsp3) is 0.364. The van der Waals surface area contributed by atoms with Crippen molar-refractivity contribution in [3.8, 4) is 28.4 Å². The molecule has 0 aromatic heterocycles. The Kier molecular flexibility index (Phi) is 7.15. The molecule has 1 aliphatic carbocycles. The number of methoxy groups -OCH3 is 3. The molecule has 2 aromatic carbocycles. The van der Waals surface area contributed by atoms with E-state index in [0.717, 1.165) is 22.3 Å². The number of carbonyl (C=O) groups excluding carboxylic acids is 1. The third-order valence-electron chi connectivity index (χ3n) is 5.18. The topological polar surface area (TPSA) is 73.9 Å². The molecule has 1 N–H and O–H groups in total. The Morgan fingerprint density at radius 3 is 2.50 bits per heavy atom. The molecule has 0 radical (unpaired) electrons. The van der Waals surface area contributed by atoms with E-state index in [-0.39, 0.29) is 23.3 Å². The van der Waals surface area contributed by atoms with Crippen LogP contribution in [0.15, 0.2) is 34.0 Å². The molecule has 3 rings (SSSR count). The minimum Gasteiger partial charge on any atom is -0.493 e. The number of benzene rings is 1. The molecule has 1 aliphatic rings. The molecule has 0 saturated carbocycles. The third kappa shape index (κ3) is 4.09. The number of hydrogen-bond donors (Lipinski definition) is 1. The Morgan fingerprint density at radius 1 is 1.17 bits per heavy atom. The van der Waals surface area contributed by atoms with Crippen LogP contribution in [0.25, 0.3) is 11.1 Å². The van der Waals surface area contributed by atoms with Crippen molar-refractivity contribution in [1.82, 2.24) is 5.32 Å². The molecule has 1 atom stereocenters. The molecule has 0 saturated heterocycles. The third-order valence-corrected chi connectivity index (χ3v) is 6.20. The van der Waals surface area contributed by atoms with Crippen molar-refractivity contribution < 1.29 is 19.0 Å². The maximum atomic E-state index is 12.8. The van der Waals surface area contributed by atoms with Gasteiger partial charge in [0.25, 0.3) is 0 Å². The maximum Gasteiger partial charge on any atom is 0.235 e. The van der Waals surface area contributed by atoms with Crippen LogP contribution in [0.3, 0.4) is 0 Å². The van der Waals surface area contributed by atoms with E-state index >= 15 is 0 Å². The number of fused-ring (bicyclic) bond motifs is 3. The first kappa shape index (κ1) is 22.3. The van der Waals surface area contributed by atoms with E-state index in [2.05, 4.69) is 5.32 Å². The first-order chi connectivity index (χ1) is 14.5. The van der Waals surface area contributed by atoms with Crippen LogP contribution in [0.2, 0.25) is 0 Å². The van der Waals surface area contributed by atoms with Crippen LogP contribution in [0, 0.1) is 0 Å². The predicted octanol–water partition coefficient (Wildman–Crippen LogP) is 3.80. The van der Waals surface area contributed by atoms with Gasteiger partial charge in [0.2, 0.25) is 11.7 Å². The molecule has 1 amide bonds. The van der Waals surface area contributed by atoms with E-state index in [1.54, 1.807) is 33.5 Å². The standard InChI is InChI=1S/C22H24ClNO5S/c1-27-17-9-12-5-7-15(24-19(26)11-23)14-10-16(25)18(30-4)8-6-13(14)20(12)22(29-3)21(17)28-2/h6,8-10,15H,5,7,11H2,1-4H3,(H,24,26)/t15-/m1/s1. The molecule has 0 spiro atoms. The summed E-state index contributed by atoms with van der Waals surface area (Å²) in [5, 5.41) is 2.95. The van der Waals surface area contributed by atoms with E-state index in [1.165, 1.54) is 11.8 Å². The van der Waals surface area contributed by atoms with Gasteiger partial charge in [-0.1, -0.05) is 6.07 Å². The summed E-state index contributed by atoms with van der Waals surface area (Å²) in [7, 11) is 4.71. The van der Waals surface area contributed by atoms with Gasteiger partial charge in [-0.3, -0.25) is 9.59 Å². The summed E-state index contributed by atoms with van der Waals surface area (Å²) in [6.45, 7) is 0. The Labute approximate surface area is 184 Å². The van der Waals surface area contributed by atoms with E-state index in [0.29, 0.717) is 35.0 Å². The molecular formula is C22H24ClNO5S. The van der Waals surface area contributed by atoms with E-state index < -0.39 is 0 Å². The van der Waals surface area contributed by atoms with Crippen LogP contribution >= 0.6 is 23.4 Å². The van der Waals surface area contributed by atoms with Gasteiger partial charge in [0.1, 0.15) is 5.88 Å². The number of alkyl halides is 1. The highest BCUT2D eigenvalue weighted by molar-refractivity contribution is 7.98.